The number of ether oxygens (including phenoxy) is 10. The first-order valence-corrected chi connectivity index (χ1v) is 23.9. The van der Waals surface area contributed by atoms with Crippen molar-refractivity contribution in [2.24, 2.45) is 28.6 Å². The second-order valence-corrected chi connectivity index (χ2v) is 20.9. The Morgan fingerprint density at radius 3 is 1.88 bits per heavy atom. The van der Waals surface area contributed by atoms with E-state index in [0.29, 0.717) is 51.4 Å². The molecule has 0 aromatic carbocycles. The summed E-state index contributed by atoms with van der Waals surface area (Å²) in [5.74, 6) is -1.39. The van der Waals surface area contributed by atoms with Crippen molar-refractivity contribution in [3.63, 3.8) is 0 Å². The Morgan fingerprint density at radius 2 is 1.33 bits per heavy atom. The topological polar surface area (TPSA) is 187 Å². The van der Waals surface area contributed by atoms with E-state index in [0.717, 1.165) is 11.1 Å². The fraction of sp³-hybridized carbons (Fsp3) is 0.878. The highest BCUT2D eigenvalue weighted by molar-refractivity contribution is 5.83. The van der Waals surface area contributed by atoms with Crippen LogP contribution in [0.5, 0.6) is 0 Å². The van der Waals surface area contributed by atoms with Gasteiger partial charge in [-0.15, -0.1) is 0 Å². The number of aliphatic hydroxyl groups is 3. The molecular weight excluding hydrogens is 829 g/mol. The third-order valence-electron chi connectivity index (χ3n) is 17.2. The van der Waals surface area contributed by atoms with Crippen LogP contribution in [0, 0.1) is 28.6 Å². The van der Waals surface area contributed by atoms with Crippen LogP contribution < -0.4 is 0 Å². The average Bonchev–Trinajstić information content (AvgIpc) is 3.54. The smallest absolute Gasteiger partial charge is 0.330 e. The van der Waals surface area contributed by atoms with E-state index < -0.39 is 108 Å². The van der Waals surface area contributed by atoms with E-state index in [4.69, 9.17) is 47.4 Å². The first-order chi connectivity index (χ1) is 30.1. The predicted octanol–water partition coefficient (Wildman–Crippen LogP) is 5.47. The molecule has 0 aromatic heterocycles. The summed E-state index contributed by atoms with van der Waals surface area (Å²) in [6.07, 6.45) is 1.32. The van der Waals surface area contributed by atoms with Crippen LogP contribution in [0.2, 0.25) is 0 Å². The van der Waals surface area contributed by atoms with Crippen LogP contribution in [0.25, 0.3) is 0 Å². The Bertz CT molecular complexity index is 1740. The van der Waals surface area contributed by atoms with Crippen molar-refractivity contribution in [1.29, 1.82) is 0 Å². The molecule has 0 radical (unpaired) electrons. The number of aliphatic hydroxyl groups excluding tert-OH is 1. The molecule has 0 spiro atoms. The number of hydrogen-bond donors (Lipinski definition) is 3. The number of rotatable bonds is 13. The van der Waals surface area contributed by atoms with E-state index in [1.807, 2.05) is 41.5 Å². The number of methoxy groups -OCH3 is 3. The quantitative estimate of drug-likeness (QED) is 0.120. The lowest BCUT2D eigenvalue weighted by molar-refractivity contribution is -0.338. The van der Waals surface area contributed by atoms with Crippen molar-refractivity contribution in [2.75, 3.05) is 21.3 Å². The fourth-order valence-corrected chi connectivity index (χ4v) is 13.0. The third-order valence-corrected chi connectivity index (χ3v) is 17.2. The molecule has 3 aliphatic heterocycles. The van der Waals surface area contributed by atoms with Gasteiger partial charge in [0.1, 0.15) is 41.4 Å². The highest BCUT2D eigenvalue weighted by Crippen LogP contribution is 2.70. The number of fused-ring (bicyclic) bond motifs is 5. The van der Waals surface area contributed by atoms with Gasteiger partial charge in [-0.2, -0.15) is 0 Å². The van der Waals surface area contributed by atoms with E-state index in [1.165, 1.54) is 13.0 Å². The minimum atomic E-state index is -1.65. The van der Waals surface area contributed by atoms with Gasteiger partial charge in [-0.3, -0.25) is 4.79 Å². The number of ketones is 1. The van der Waals surface area contributed by atoms with Crippen LogP contribution in [0.15, 0.2) is 23.3 Å². The van der Waals surface area contributed by atoms with Gasteiger partial charge in [0, 0.05) is 63.9 Å². The Balaban J connectivity index is 0.998. The lowest BCUT2D eigenvalue weighted by Gasteiger charge is -2.66. The van der Waals surface area contributed by atoms with Gasteiger partial charge in [0.25, 0.3) is 0 Å². The van der Waals surface area contributed by atoms with Crippen LogP contribution in [0.4, 0.5) is 0 Å². The van der Waals surface area contributed by atoms with Gasteiger partial charge < -0.3 is 62.7 Å². The monoisotopic (exact) mass is 907 g/mol. The SMILES string of the molecule is COC1CC(OC2C(C)OC(OC3C(C)OC(OC4CCC5(C)C(=CCC6(O)C5CC(OC(=O)/C=C(\C)C(C)C)C5(C)C(C(C)=O)CCC65O)C4)CC3OC)CC2OC)OC(C)C1O. The molecule has 20 unspecified atom stereocenters. The largest absolute Gasteiger partial charge is 0.458 e. The van der Waals surface area contributed by atoms with Gasteiger partial charge in [-0.1, -0.05) is 44.9 Å². The molecule has 15 nitrogen and oxygen atoms in total. The maximum atomic E-state index is 13.5. The summed E-state index contributed by atoms with van der Waals surface area (Å²) >= 11 is 0. The molecule has 7 aliphatic rings. The average molecular weight is 907 g/mol. The Hall–Kier alpha value is -1.86. The molecule has 364 valence electrons. The number of allylic oxidation sites excluding steroid dienone is 1. The molecule has 0 amide bonds. The molecule has 20 atom stereocenters. The maximum absolute atomic E-state index is 13.5. The molecule has 4 aliphatic carbocycles. The zero-order valence-corrected chi connectivity index (χ0v) is 40.3. The summed E-state index contributed by atoms with van der Waals surface area (Å²) in [4.78, 5) is 26.7. The first kappa shape index (κ1) is 50.0. The van der Waals surface area contributed by atoms with Crippen molar-refractivity contribution in [1.82, 2.24) is 0 Å². The number of esters is 1. The minimum absolute atomic E-state index is 0.0697. The fourth-order valence-electron chi connectivity index (χ4n) is 13.0. The molecule has 0 aromatic rings. The minimum Gasteiger partial charge on any atom is -0.458 e. The number of carbonyl (C=O) groups is 2. The van der Waals surface area contributed by atoms with Gasteiger partial charge in [0.2, 0.25) is 0 Å². The lowest BCUT2D eigenvalue weighted by Crippen LogP contribution is -2.75. The van der Waals surface area contributed by atoms with Crippen LogP contribution >= 0.6 is 0 Å². The molecule has 15 heteroatoms. The van der Waals surface area contributed by atoms with Crippen LogP contribution in [0.3, 0.4) is 0 Å². The highest BCUT2D eigenvalue weighted by atomic mass is 16.7. The van der Waals surface area contributed by atoms with Gasteiger partial charge in [0.05, 0.1) is 42.7 Å². The van der Waals surface area contributed by atoms with Crippen molar-refractivity contribution in [2.45, 2.75) is 224 Å². The molecule has 3 saturated heterocycles. The molecule has 7 rings (SSSR count). The summed E-state index contributed by atoms with van der Waals surface area (Å²) in [5, 5.41) is 36.2. The zero-order chi connectivity index (χ0) is 46.7. The molecule has 6 fully saturated rings. The molecule has 3 heterocycles. The van der Waals surface area contributed by atoms with Crippen molar-refractivity contribution in [3.8, 4) is 0 Å². The van der Waals surface area contributed by atoms with E-state index >= 15 is 0 Å². The van der Waals surface area contributed by atoms with Crippen LogP contribution in [-0.4, -0.2) is 146 Å². The van der Waals surface area contributed by atoms with E-state index in [9.17, 15) is 24.9 Å². The van der Waals surface area contributed by atoms with E-state index in [1.54, 1.807) is 28.3 Å². The summed E-state index contributed by atoms with van der Waals surface area (Å²) in [5.41, 5.74) is -2.81. The van der Waals surface area contributed by atoms with E-state index in [-0.39, 0.29) is 42.9 Å². The van der Waals surface area contributed by atoms with Gasteiger partial charge in [-0.05, 0) is 90.9 Å². The van der Waals surface area contributed by atoms with Crippen LogP contribution in [-0.2, 0) is 57.0 Å². The second-order valence-electron chi connectivity index (χ2n) is 20.9. The Labute approximate surface area is 380 Å². The predicted molar refractivity (Wildman–Crippen MR) is 233 cm³/mol. The Morgan fingerprint density at radius 1 is 0.781 bits per heavy atom. The maximum Gasteiger partial charge on any atom is 0.330 e. The number of Topliss-reactive ketones (excluding diaryl/α,β-unsaturated/α-hetero) is 1. The van der Waals surface area contributed by atoms with Crippen molar-refractivity contribution >= 4 is 11.8 Å². The number of carbonyl (C=O) groups excluding carboxylic acids is 2. The highest BCUT2D eigenvalue weighted by Gasteiger charge is 2.77. The standard InChI is InChI=1S/C49H78O15/c1-25(2)26(3)19-39(51)62-38-24-37-46(8)16-14-32(20-31(46)13-17-48(37,53)49(54)18-15-33(27(4)50)47(38,49)9)61-40-22-35(56-11)44(29(6)59-40)64-42-23-36(57-12)45(30(7)60-42)63-41-21-34(55-10)43(52)28(5)58-41/h13,19,25,28-30,32-38,40-45,52-54H,14-18,20-24H2,1-12H3/b26-19+. The van der Waals surface area contributed by atoms with Gasteiger partial charge in [0.15, 0.2) is 18.9 Å². The third kappa shape index (κ3) is 8.85. The molecule has 0 bridgehead atoms. The van der Waals surface area contributed by atoms with Gasteiger partial charge in [-0.25, -0.2) is 4.79 Å². The Kier molecular flexibility index (Phi) is 15.1. The normalized spacial score (nSPS) is 48.5. The summed E-state index contributed by atoms with van der Waals surface area (Å²) in [6.45, 7) is 17.1. The van der Waals surface area contributed by atoms with Crippen molar-refractivity contribution in [3.05, 3.63) is 23.3 Å². The van der Waals surface area contributed by atoms with E-state index in [2.05, 4.69) is 13.0 Å². The zero-order valence-electron chi connectivity index (χ0n) is 40.3. The summed E-state index contributed by atoms with van der Waals surface area (Å²) in [7, 11) is 4.87. The first-order valence-electron chi connectivity index (χ1n) is 23.9. The lowest BCUT2D eigenvalue weighted by atomic mass is 9.43. The second kappa shape index (κ2) is 19.3. The van der Waals surface area contributed by atoms with Crippen LogP contribution in [0.1, 0.15) is 127 Å². The van der Waals surface area contributed by atoms with Crippen molar-refractivity contribution < 1.29 is 72.3 Å². The molecule has 3 N–H and O–H groups in total. The summed E-state index contributed by atoms with van der Waals surface area (Å²) < 4.78 is 62.3. The molecular formula is C49H78O15. The number of hydrogen-bond acceptors (Lipinski definition) is 15. The molecule has 3 saturated carbocycles. The summed E-state index contributed by atoms with van der Waals surface area (Å²) in [6, 6.07) is 0. The molecule has 64 heavy (non-hydrogen) atoms. The van der Waals surface area contributed by atoms with Gasteiger partial charge >= 0.3 is 5.97 Å².